The number of carbonyl (C=O) groups is 1. The van der Waals surface area contributed by atoms with Gasteiger partial charge in [-0.3, -0.25) is 23.7 Å². The number of hydrogen-bond acceptors (Lipinski definition) is 6. The SMILES string of the molecule is Cn1c2c(c(=O)n(Cc3ccc(F)c(F)c3)c1=O)CC(C(=O)OCc1ccncc1)CS2. The van der Waals surface area contributed by atoms with Crippen LogP contribution in [0.4, 0.5) is 8.78 Å². The zero-order chi connectivity index (χ0) is 22.8. The number of fused-ring (bicyclic) bond motifs is 1. The molecule has 1 aliphatic rings. The van der Waals surface area contributed by atoms with Crippen molar-refractivity contribution in [2.75, 3.05) is 5.75 Å². The van der Waals surface area contributed by atoms with Gasteiger partial charge in [-0.2, -0.15) is 0 Å². The number of hydrogen-bond donors (Lipinski definition) is 0. The number of rotatable bonds is 5. The van der Waals surface area contributed by atoms with Gasteiger partial charge in [0.05, 0.1) is 17.5 Å². The monoisotopic (exact) mass is 459 g/mol. The van der Waals surface area contributed by atoms with Crippen LogP contribution in [0.25, 0.3) is 0 Å². The van der Waals surface area contributed by atoms with Crippen molar-refractivity contribution >= 4 is 17.7 Å². The summed E-state index contributed by atoms with van der Waals surface area (Å²) < 4.78 is 34.5. The predicted octanol–water partition coefficient (Wildman–Crippen LogP) is 2.28. The van der Waals surface area contributed by atoms with Crippen LogP contribution < -0.4 is 11.2 Å². The molecule has 1 aromatic carbocycles. The average Bonchev–Trinajstić information content (AvgIpc) is 2.81. The molecule has 0 saturated carbocycles. The first-order valence-corrected chi connectivity index (χ1v) is 10.8. The van der Waals surface area contributed by atoms with E-state index in [1.54, 1.807) is 24.5 Å². The molecule has 3 aromatic rings. The topological polar surface area (TPSA) is 83.2 Å². The number of aromatic nitrogens is 3. The van der Waals surface area contributed by atoms with Crippen LogP contribution in [0.5, 0.6) is 0 Å². The van der Waals surface area contributed by atoms with E-state index in [0.717, 1.165) is 22.3 Å². The molecule has 0 fully saturated rings. The molecule has 1 aliphatic heterocycles. The highest BCUT2D eigenvalue weighted by Crippen LogP contribution is 2.30. The summed E-state index contributed by atoms with van der Waals surface area (Å²) in [6, 6.07) is 6.70. The first-order chi connectivity index (χ1) is 15.3. The Kier molecular flexibility index (Phi) is 6.22. The highest BCUT2D eigenvalue weighted by atomic mass is 32.2. The number of nitrogens with zero attached hydrogens (tertiary/aromatic N) is 3. The van der Waals surface area contributed by atoms with Gasteiger partial charge in [0.25, 0.3) is 5.56 Å². The molecule has 0 aliphatic carbocycles. The molecular formula is C22H19F2N3O4S. The molecule has 4 rings (SSSR count). The van der Waals surface area contributed by atoms with Crippen LogP contribution in [-0.2, 0) is 36.2 Å². The first kappa shape index (κ1) is 21.9. The molecule has 0 N–H and O–H groups in total. The minimum Gasteiger partial charge on any atom is -0.461 e. The fraction of sp³-hybridized carbons (Fsp3) is 0.273. The number of esters is 1. The maximum Gasteiger partial charge on any atom is 0.331 e. The summed E-state index contributed by atoms with van der Waals surface area (Å²) in [5.41, 5.74) is 0.293. The fourth-order valence-corrected chi connectivity index (χ4v) is 4.75. The molecule has 3 heterocycles. The molecule has 1 atom stereocenters. The largest absolute Gasteiger partial charge is 0.461 e. The van der Waals surface area contributed by atoms with E-state index in [1.165, 1.54) is 29.4 Å². The minimum absolute atomic E-state index is 0.100. The summed E-state index contributed by atoms with van der Waals surface area (Å²) in [4.78, 5) is 42.3. The Morgan fingerprint density at radius 1 is 1.16 bits per heavy atom. The third-order valence-corrected chi connectivity index (χ3v) is 6.61. The molecule has 1 unspecified atom stereocenters. The second-order valence-electron chi connectivity index (χ2n) is 7.44. The van der Waals surface area contributed by atoms with Gasteiger partial charge < -0.3 is 4.74 Å². The smallest absolute Gasteiger partial charge is 0.331 e. The third kappa shape index (κ3) is 4.36. The van der Waals surface area contributed by atoms with Crippen molar-refractivity contribution in [1.29, 1.82) is 0 Å². The van der Waals surface area contributed by atoms with Gasteiger partial charge in [-0.05, 0) is 41.8 Å². The van der Waals surface area contributed by atoms with Gasteiger partial charge in [-0.1, -0.05) is 6.07 Å². The van der Waals surface area contributed by atoms with Gasteiger partial charge in [0, 0.05) is 30.8 Å². The van der Waals surface area contributed by atoms with Crippen molar-refractivity contribution in [3.05, 3.63) is 91.9 Å². The Labute approximate surface area is 185 Å². The zero-order valence-electron chi connectivity index (χ0n) is 17.1. The lowest BCUT2D eigenvalue weighted by Gasteiger charge is -2.24. The number of pyridine rings is 1. The lowest BCUT2D eigenvalue weighted by molar-refractivity contribution is -0.149. The second kappa shape index (κ2) is 9.07. The number of carbonyl (C=O) groups excluding carboxylic acids is 1. The number of thioether (sulfide) groups is 1. The second-order valence-corrected chi connectivity index (χ2v) is 8.45. The van der Waals surface area contributed by atoms with E-state index in [-0.39, 0.29) is 25.1 Å². The first-order valence-electron chi connectivity index (χ1n) is 9.80. The third-order valence-electron chi connectivity index (χ3n) is 5.24. The average molecular weight is 459 g/mol. The lowest BCUT2D eigenvalue weighted by atomic mass is 10.0. The zero-order valence-corrected chi connectivity index (χ0v) is 17.9. The van der Waals surface area contributed by atoms with E-state index in [9.17, 15) is 23.2 Å². The van der Waals surface area contributed by atoms with E-state index >= 15 is 0 Å². The highest BCUT2D eigenvalue weighted by Gasteiger charge is 2.31. The molecule has 0 spiro atoms. The van der Waals surface area contributed by atoms with E-state index in [2.05, 4.69) is 4.98 Å². The van der Waals surface area contributed by atoms with Gasteiger partial charge in [-0.25, -0.2) is 13.6 Å². The van der Waals surface area contributed by atoms with Crippen molar-refractivity contribution in [3.8, 4) is 0 Å². The van der Waals surface area contributed by atoms with Crippen molar-refractivity contribution in [3.63, 3.8) is 0 Å². The Morgan fingerprint density at radius 2 is 1.91 bits per heavy atom. The molecule has 10 heteroatoms. The predicted molar refractivity (Wildman–Crippen MR) is 113 cm³/mol. The Balaban J connectivity index is 1.58. The molecule has 166 valence electrons. The summed E-state index contributed by atoms with van der Waals surface area (Å²) in [6.07, 6.45) is 3.33. The highest BCUT2D eigenvalue weighted by molar-refractivity contribution is 7.99. The Morgan fingerprint density at radius 3 is 2.62 bits per heavy atom. The van der Waals surface area contributed by atoms with Gasteiger partial charge in [0.15, 0.2) is 11.6 Å². The maximum absolute atomic E-state index is 13.6. The van der Waals surface area contributed by atoms with Crippen molar-refractivity contribution < 1.29 is 18.3 Å². The number of ether oxygens (including phenoxy) is 1. The normalized spacial score (nSPS) is 15.3. The number of halogens is 2. The van der Waals surface area contributed by atoms with Crippen molar-refractivity contribution in [2.45, 2.75) is 24.6 Å². The summed E-state index contributed by atoms with van der Waals surface area (Å²) in [6.45, 7) is -0.110. The van der Waals surface area contributed by atoms with E-state index in [1.807, 2.05) is 0 Å². The number of benzene rings is 1. The van der Waals surface area contributed by atoms with Crippen LogP contribution in [0.3, 0.4) is 0 Å². The van der Waals surface area contributed by atoms with Gasteiger partial charge in [0.2, 0.25) is 0 Å². The van der Waals surface area contributed by atoms with Gasteiger partial charge >= 0.3 is 11.7 Å². The molecule has 0 bridgehead atoms. The lowest BCUT2D eigenvalue weighted by Crippen LogP contribution is -2.44. The van der Waals surface area contributed by atoms with E-state index in [4.69, 9.17) is 4.74 Å². The Bertz CT molecular complexity index is 1290. The van der Waals surface area contributed by atoms with Gasteiger partial charge in [0.1, 0.15) is 6.61 Å². The van der Waals surface area contributed by atoms with Crippen LogP contribution in [0.1, 0.15) is 16.7 Å². The molecule has 0 saturated heterocycles. The van der Waals surface area contributed by atoms with Crippen LogP contribution >= 0.6 is 11.8 Å². The van der Waals surface area contributed by atoms with E-state index in [0.29, 0.717) is 16.3 Å². The van der Waals surface area contributed by atoms with Crippen LogP contribution in [0, 0.1) is 17.6 Å². The molecule has 0 amide bonds. The van der Waals surface area contributed by atoms with Crippen molar-refractivity contribution in [2.24, 2.45) is 13.0 Å². The summed E-state index contributed by atoms with van der Waals surface area (Å²) >= 11 is 1.25. The molecule has 2 aromatic heterocycles. The quantitative estimate of drug-likeness (QED) is 0.430. The Hall–Kier alpha value is -3.27. The fourth-order valence-electron chi connectivity index (χ4n) is 3.52. The molecule has 7 nitrogen and oxygen atoms in total. The van der Waals surface area contributed by atoms with Crippen molar-refractivity contribution in [1.82, 2.24) is 14.1 Å². The summed E-state index contributed by atoms with van der Waals surface area (Å²) in [7, 11) is 1.54. The molecule has 0 radical (unpaired) electrons. The van der Waals surface area contributed by atoms with Crippen LogP contribution in [0.15, 0.2) is 57.3 Å². The van der Waals surface area contributed by atoms with Gasteiger partial charge in [-0.15, -0.1) is 11.8 Å². The molecular weight excluding hydrogens is 440 g/mol. The van der Waals surface area contributed by atoms with E-state index < -0.39 is 34.8 Å². The van der Waals surface area contributed by atoms with Crippen LogP contribution in [0.2, 0.25) is 0 Å². The minimum atomic E-state index is -1.06. The maximum atomic E-state index is 13.6. The van der Waals surface area contributed by atoms with Crippen LogP contribution in [-0.4, -0.2) is 25.8 Å². The summed E-state index contributed by atoms with van der Waals surface area (Å²) in [5.74, 6) is -2.67. The molecule has 32 heavy (non-hydrogen) atoms. The summed E-state index contributed by atoms with van der Waals surface area (Å²) in [5, 5.41) is 0.500. The standard InChI is InChI=1S/C22H19F2N3O4S/c1-26-20-16(9-15(12-32-20)21(29)31-11-13-4-6-25-7-5-13)19(28)27(22(26)30)10-14-2-3-17(23)18(24)8-14/h2-8,15H,9-12H2,1H3.